The van der Waals surface area contributed by atoms with Gasteiger partial charge in [0.25, 0.3) is 0 Å². The minimum atomic E-state index is -2.17. The molecule has 130 valence electrons. The Labute approximate surface area is 159 Å². The summed E-state index contributed by atoms with van der Waals surface area (Å²) in [5, 5.41) is 5.43. The highest BCUT2D eigenvalue weighted by Gasteiger charge is 2.21. The molecular formula is C24H18NOP. The predicted octanol–water partition coefficient (Wildman–Crippen LogP) is 5.59. The molecule has 2 nitrogen and oxygen atoms in total. The molecule has 0 spiro atoms. The van der Waals surface area contributed by atoms with Crippen molar-refractivity contribution in [3.05, 3.63) is 97.1 Å². The number of fused-ring (bicyclic) bond motifs is 6. The van der Waals surface area contributed by atoms with Crippen molar-refractivity contribution in [3.8, 4) is 22.3 Å². The number of hydrogen-bond donors (Lipinski definition) is 1. The van der Waals surface area contributed by atoms with Gasteiger partial charge in [-0.3, -0.25) is 0 Å². The van der Waals surface area contributed by atoms with Crippen LogP contribution in [0.3, 0.4) is 0 Å². The monoisotopic (exact) mass is 367 g/mol. The summed E-state index contributed by atoms with van der Waals surface area (Å²) < 4.78 is 13.7. The second-order valence-corrected chi connectivity index (χ2v) is 8.37. The summed E-state index contributed by atoms with van der Waals surface area (Å²) in [7, 11) is -2.17. The van der Waals surface area contributed by atoms with Crippen LogP contribution >= 0.6 is 7.80 Å². The predicted molar refractivity (Wildman–Crippen MR) is 115 cm³/mol. The SMILES string of the molecule is O=[PH]1c2ccccc2-c2ccccc2Nc2ccccc2-c2ccccc21. The molecule has 0 radical (unpaired) electrons. The van der Waals surface area contributed by atoms with Crippen LogP contribution in [0.25, 0.3) is 22.3 Å². The maximum absolute atomic E-state index is 13.7. The van der Waals surface area contributed by atoms with E-state index in [2.05, 4.69) is 41.7 Å². The van der Waals surface area contributed by atoms with E-state index in [4.69, 9.17) is 0 Å². The van der Waals surface area contributed by atoms with Crippen LogP contribution in [-0.4, -0.2) is 0 Å². The molecule has 0 saturated carbocycles. The molecule has 5 rings (SSSR count). The normalized spacial score (nSPS) is 12.7. The number of nitrogens with one attached hydrogen (secondary N) is 1. The van der Waals surface area contributed by atoms with Gasteiger partial charge in [-0.2, -0.15) is 0 Å². The zero-order chi connectivity index (χ0) is 18.2. The van der Waals surface area contributed by atoms with Gasteiger partial charge in [-0.25, -0.2) is 0 Å². The van der Waals surface area contributed by atoms with Gasteiger partial charge in [0.2, 0.25) is 0 Å². The van der Waals surface area contributed by atoms with Gasteiger partial charge in [0.05, 0.1) is 0 Å². The molecule has 1 aliphatic heterocycles. The highest BCUT2D eigenvalue weighted by molar-refractivity contribution is 7.62. The molecule has 1 N–H and O–H groups in total. The van der Waals surface area contributed by atoms with Gasteiger partial charge in [0.1, 0.15) is 7.80 Å². The number of rotatable bonds is 0. The van der Waals surface area contributed by atoms with Crippen molar-refractivity contribution < 1.29 is 4.57 Å². The fourth-order valence-corrected chi connectivity index (χ4v) is 5.49. The Morgan fingerprint density at radius 1 is 0.481 bits per heavy atom. The average molecular weight is 367 g/mol. The highest BCUT2D eigenvalue weighted by Crippen LogP contribution is 2.40. The van der Waals surface area contributed by atoms with E-state index in [9.17, 15) is 4.57 Å². The van der Waals surface area contributed by atoms with Crippen molar-refractivity contribution in [1.82, 2.24) is 0 Å². The summed E-state index contributed by atoms with van der Waals surface area (Å²) in [6.45, 7) is 0. The maximum atomic E-state index is 13.7. The summed E-state index contributed by atoms with van der Waals surface area (Å²) in [5.41, 5.74) is 6.23. The minimum absolute atomic E-state index is 0.906. The molecule has 0 saturated heterocycles. The van der Waals surface area contributed by atoms with Gasteiger partial charge in [-0.15, -0.1) is 0 Å². The van der Waals surface area contributed by atoms with Gasteiger partial charge in [0, 0.05) is 33.1 Å². The Morgan fingerprint density at radius 2 is 0.852 bits per heavy atom. The largest absolute Gasteiger partial charge is 0.355 e. The molecule has 4 aromatic carbocycles. The molecule has 1 aliphatic rings. The lowest BCUT2D eigenvalue weighted by Crippen LogP contribution is -2.13. The maximum Gasteiger partial charge on any atom is 0.133 e. The minimum Gasteiger partial charge on any atom is -0.355 e. The molecule has 27 heavy (non-hydrogen) atoms. The lowest BCUT2D eigenvalue weighted by Gasteiger charge is -2.21. The Kier molecular flexibility index (Phi) is 3.92. The molecule has 3 heteroatoms. The Bertz CT molecular complexity index is 1090. The molecular weight excluding hydrogens is 349 g/mol. The van der Waals surface area contributed by atoms with Crippen LogP contribution in [0.1, 0.15) is 0 Å². The first-order valence-corrected chi connectivity index (χ1v) is 10.4. The summed E-state index contributed by atoms with van der Waals surface area (Å²) in [4.78, 5) is 0. The van der Waals surface area contributed by atoms with Crippen molar-refractivity contribution in [2.45, 2.75) is 0 Å². The third-order valence-corrected chi connectivity index (χ3v) is 6.90. The summed E-state index contributed by atoms with van der Waals surface area (Å²) in [5.74, 6) is 0. The van der Waals surface area contributed by atoms with Crippen molar-refractivity contribution in [2.75, 3.05) is 5.32 Å². The number of benzene rings is 4. The Balaban J connectivity index is 1.89. The van der Waals surface area contributed by atoms with Gasteiger partial charge >= 0.3 is 0 Å². The third-order valence-electron chi connectivity index (χ3n) is 5.05. The molecule has 4 aromatic rings. The molecule has 0 bridgehead atoms. The molecule has 1 heterocycles. The quantitative estimate of drug-likeness (QED) is 0.362. The van der Waals surface area contributed by atoms with Gasteiger partial charge in [0.15, 0.2) is 0 Å². The lowest BCUT2D eigenvalue weighted by atomic mass is 10.0. The van der Waals surface area contributed by atoms with Crippen LogP contribution in [-0.2, 0) is 4.57 Å². The van der Waals surface area contributed by atoms with Gasteiger partial charge < -0.3 is 9.88 Å². The summed E-state index contributed by atoms with van der Waals surface area (Å²) in [6.07, 6.45) is 0. The van der Waals surface area contributed by atoms with E-state index in [1.165, 1.54) is 0 Å². The molecule has 0 amide bonds. The van der Waals surface area contributed by atoms with E-state index in [1.807, 2.05) is 60.7 Å². The Morgan fingerprint density at radius 3 is 1.33 bits per heavy atom. The van der Waals surface area contributed by atoms with E-state index in [0.717, 1.165) is 44.2 Å². The third kappa shape index (κ3) is 2.70. The van der Waals surface area contributed by atoms with Gasteiger partial charge in [-0.05, 0) is 23.3 Å². The second kappa shape index (κ2) is 6.57. The van der Waals surface area contributed by atoms with E-state index in [-0.39, 0.29) is 0 Å². The first kappa shape index (κ1) is 16.1. The van der Waals surface area contributed by atoms with Gasteiger partial charge in [-0.1, -0.05) is 84.9 Å². The topological polar surface area (TPSA) is 29.1 Å². The average Bonchev–Trinajstić information content (AvgIpc) is 2.74. The fourth-order valence-electron chi connectivity index (χ4n) is 3.78. The highest BCUT2D eigenvalue weighted by atomic mass is 31.1. The smallest absolute Gasteiger partial charge is 0.133 e. The van der Waals surface area contributed by atoms with Crippen molar-refractivity contribution in [2.24, 2.45) is 0 Å². The van der Waals surface area contributed by atoms with E-state index in [1.54, 1.807) is 0 Å². The first-order chi connectivity index (χ1) is 13.3. The van der Waals surface area contributed by atoms with E-state index >= 15 is 0 Å². The Hall–Kier alpha value is -3.09. The van der Waals surface area contributed by atoms with Crippen molar-refractivity contribution in [3.63, 3.8) is 0 Å². The van der Waals surface area contributed by atoms with E-state index < -0.39 is 7.80 Å². The standard InChI is InChI=1S/C24H18NOP/c26-27-23-15-7-3-11-19(23)17-9-1-5-13-21(17)25-22-14-6-2-10-18(22)20-12-4-8-16-24(20)27/h1-16,25,27H. The zero-order valence-electron chi connectivity index (χ0n) is 14.6. The molecule has 0 fully saturated rings. The van der Waals surface area contributed by atoms with Crippen LogP contribution < -0.4 is 15.9 Å². The second-order valence-electron chi connectivity index (χ2n) is 6.64. The van der Waals surface area contributed by atoms with Crippen LogP contribution in [0.4, 0.5) is 11.4 Å². The zero-order valence-corrected chi connectivity index (χ0v) is 15.6. The summed E-state index contributed by atoms with van der Waals surface area (Å²) in [6, 6.07) is 32.5. The van der Waals surface area contributed by atoms with Crippen LogP contribution in [0.5, 0.6) is 0 Å². The molecule has 0 atom stereocenters. The van der Waals surface area contributed by atoms with Crippen LogP contribution in [0.15, 0.2) is 97.1 Å². The molecule has 0 aliphatic carbocycles. The lowest BCUT2D eigenvalue weighted by molar-refractivity contribution is 0.598. The molecule has 0 aromatic heterocycles. The first-order valence-electron chi connectivity index (χ1n) is 9.01. The fraction of sp³-hybridized carbons (Fsp3) is 0. The number of hydrogen-bond acceptors (Lipinski definition) is 2. The van der Waals surface area contributed by atoms with E-state index in [0.29, 0.717) is 0 Å². The van der Waals surface area contributed by atoms with Crippen LogP contribution in [0, 0.1) is 0 Å². The van der Waals surface area contributed by atoms with Crippen molar-refractivity contribution >= 4 is 29.8 Å². The van der Waals surface area contributed by atoms with Crippen LogP contribution in [0.2, 0.25) is 0 Å². The summed E-state index contributed by atoms with van der Waals surface area (Å²) >= 11 is 0. The number of para-hydroxylation sites is 2. The number of anilines is 2. The van der Waals surface area contributed by atoms with Crippen molar-refractivity contribution in [1.29, 1.82) is 0 Å². The molecule has 0 unspecified atom stereocenters.